The summed E-state index contributed by atoms with van der Waals surface area (Å²) in [5, 5.41) is 0. The van der Waals surface area contributed by atoms with Crippen molar-refractivity contribution in [3.63, 3.8) is 0 Å². The van der Waals surface area contributed by atoms with Crippen molar-refractivity contribution < 1.29 is 23.1 Å². The molecule has 1 aromatic rings. The molecule has 6 nitrogen and oxygen atoms in total. The maximum Gasteiger partial charge on any atom is 0.267 e. The molecule has 0 radical (unpaired) electrons. The maximum absolute atomic E-state index is 9.95. The van der Waals surface area contributed by atoms with Crippen LogP contribution in [0.3, 0.4) is 0 Å². The number of hydrogen-bond acceptors (Lipinski definition) is 4. The molecule has 148 valence electrons. The van der Waals surface area contributed by atoms with Gasteiger partial charge in [0.1, 0.15) is 12.4 Å². The van der Waals surface area contributed by atoms with Gasteiger partial charge >= 0.3 is 0 Å². The number of aromatic nitrogens is 2. The molecule has 1 heterocycles. The molecule has 1 aromatic heterocycles. The fourth-order valence-corrected chi connectivity index (χ4v) is 2.64. The van der Waals surface area contributed by atoms with Crippen LogP contribution in [0.1, 0.15) is 71.1 Å². The van der Waals surface area contributed by atoms with Gasteiger partial charge in [-0.25, -0.2) is 9.13 Å². The third-order valence-electron chi connectivity index (χ3n) is 4.04. The Hall–Kier alpha value is -0.680. The van der Waals surface area contributed by atoms with Crippen LogP contribution in [-0.2, 0) is 27.2 Å². The first kappa shape index (κ1) is 24.3. The Kier molecular flexibility index (Phi) is 15.1. The molecule has 0 aliphatic rings. The molecular formula is C18H37N2O4P. The fraction of sp³-hybridized carbons (Fsp3) is 0.833. The van der Waals surface area contributed by atoms with Gasteiger partial charge in [-0.15, -0.1) is 0 Å². The van der Waals surface area contributed by atoms with Gasteiger partial charge in [0.2, 0.25) is 6.33 Å². The van der Waals surface area contributed by atoms with Crippen molar-refractivity contribution in [3.8, 4) is 0 Å². The number of phosphoric acid groups is 1. The number of imidazole rings is 1. The Balaban J connectivity index is 0.000000697. The second kappa shape index (κ2) is 15.6. The van der Waals surface area contributed by atoms with Gasteiger partial charge in [0, 0.05) is 14.2 Å². The lowest BCUT2D eigenvalue weighted by molar-refractivity contribution is -0.671. The number of rotatable bonds is 13. The molecule has 0 aliphatic carbocycles. The second-order valence-electron chi connectivity index (χ2n) is 6.31. The lowest BCUT2D eigenvalue weighted by Gasteiger charge is -2.16. The molecule has 7 heteroatoms. The van der Waals surface area contributed by atoms with E-state index in [0.29, 0.717) is 0 Å². The van der Waals surface area contributed by atoms with Crippen molar-refractivity contribution in [1.29, 1.82) is 0 Å². The molecule has 0 unspecified atom stereocenters. The van der Waals surface area contributed by atoms with Gasteiger partial charge in [0.25, 0.3) is 7.82 Å². The van der Waals surface area contributed by atoms with Crippen LogP contribution in [0.4, 0.5) is 0 Å². The number of phosphoric ester groups is 1. The first-order chi connectivity index (χ1) is 11.9. The lowest BCUT2D eigenvalue weighted by atomic mass is 10.1. The molecule has 0 saturated carbocycles. The van der Waals surface area contributed by atoms with E-state index in [1.54, 1.807) is 0 Å². The zero-order valence-electron chi connectivity index (χ0n) is 16.5. The van der Waals surface area contributed by atoms with E-state index in [1.165, 1.54) is 70.8 Å². The van der Waals surface area contributed by atoms with E-state index < -0.39 is 7.82 Å². The smallest absolute Gasteiger partial charge is 0.267 e. The molecule has 0 aromatic carbocycles. The van der Waals surface area contributed by atoms with Crippen LogP contribution in [-0.4, -0.2) is 18.8 Å². The molecule has 0 amide bonds. The normalized spacial score (nSPS) is 11.2. The van der Waals surface area contributed by atoms with E-state index in [0.717, 1.165) is 14.2 Å². The molecule has 0 N–H and O–H groups in total. The van der Waals surface area contributed by atoms with Crippen molar-refractivity contribution >= 4 is 7.82 Å². The molecule has 0 spiro atoms. The standard InChI is InChI=1S/C16H31N2.C2H7O4P/c1-3-4-5-6-7-8-9-10-11-12-13-18-15-14-17(2)16-18;1-5-7(3,4)6-2/h14-16H,3-13H2,1-2H3;1-2H3,(H,3,4)/q+1;/p-1. The van der Waals surface area contributed by atoms with E-state index in [2.05, 4.69) is 50.9 Å². The van der Waals surface area contributed by atoms with Gasteiger partial charge in [-0.2, -0.15) is 0 Å². The maximum atomic E-state index is 9.95. The van der Waals surface area contributed by atoms with Crippen molar-refractivity contribution in [2.45, 2.75) is 77.7 Å². The molecule has 1 rings (SSSR count). The predicted octanol–water partition coefficient (Wildman–Crippen LogP) is 3.98. The number of hydrogen-bond donors (Lipinski definition) is 0. The summed E-state index contributed by atoms with van der Waals surface area (Å²) < 4.78 is 22.1. The lowest BCUT2D eigenvalue weighted by Crippen LogP contribution is -2.23. The Morgan fingerprint density at radius 1 is 0.960 bits per heavy atom. The quantitative estimate of drug-likeness (QED) is 0.297. The Morgan fingerprint density at radius 3 is 1.80 bits per heavy atom. The van der Waals surface area contributed by atoms with Crippen LogP contribution in [0.25, 0.3) is 0 Å². The summed E-state index contributed by atoms with van der Waals surface area (Å²) in [5.41, 5.74) is 0. The average molecular weight is 376 g/mol. The minimum Gasteiger partial charge on any atom is -0.756 e. The van der Waals surface area contributed by atoms with E-state index >= 15 is 0 Å². The van der Waals surface area contributed by atoms with E-state index in [9.17, 15) is 9.46 Å². The number of nitrogens with zero attached hydrogens (tertiary/aromatic N) is 2. The summed E-state index contributed by atoms with van der Waals surface area (Å²) in [4.78, 5) is 9.95. The molecule has 0 fully saturated rings. The van der Waals surface area contributed by atoms with Crippen LogP contribution in [0.5, 0.6) is 0 Å². The van der Waals surface area contributed by atoms with Gasteiger partial charge in [-0.05, 0) is 12.8 Å². The van der Waals surface area contributed by atoms with Crippen molar-refractivity contribution in [1.82, 2.24) is 4.57 Å². The van der Waals surface area contributed by atoms with Crippen LogP contribution in [0.15, 0.2) is 18.7 Å². The zero-order chi connectivity index (χ0) is 19.0. The topological polar surface area (TPSA) is 67.4 Å². The second-order valence-corrected chi connectivity index (χ2v) is 7.94. The van der Waals surface area contributed by atoms with Gasteiger partial charge in [-0.1, -0.05) is 58.3 Å². The molecule has 0 bridgehead atoms. The van der Waals surface area contributed by atoms with Crippen molar-refractivity contribution in [3.05, 3.63) is 18.7 Å². The van der Waals surface area contributed by atoms with Crippen molar-refractivity contribution in [2.24, 2.45) is 7.05 Å². The summed E-state index contributed by atoms with van der Waals surface area (Å²) in [5.74, 6) is 0. The Labute approximate surface area is 153 Å². The molecule has 0 atom stereocenters. The van der Waals surface area contributed by atoms with E-state index in [4.69, 9.17) is 0 Å². The SMILES string of the molecule is CCCCCCCCCCCCn1cc[n+](C)c1.COP(=O)([O-])OC. The third kappa shape index (κ3) is 15.3. The minimum atomic E-state index is -3.90. The average Bonchev–Trinajstić information content (AvgIpc) is 3.02. The first-order valence-electron chi connectivity index (χ1n) is 9.38. The van der Waals surface area contributed by atoms with Crippen LogP contribution < -0.4 is 9.46 Å². The summed E-state index contributed by atoms with van der Waals surface area (Å²) in [7, 11) is 0.252. The van der Waals surface area contributed by atoms with Crippen LogP contribution in [0, 0.1) is 0 Å². The Morgan fingerprint density at radius 2 is 1.44 bits per heavy atom. The fourth-order valence-electron chi connectivity index (χ4n) is 2.49. The molecule has 25 heavy (non-hydrogen) atoms. The molecular weight excluding hydrogens is 339 g/mol. The number of unbranched alkanes of at least 4 members (excludes halogenated alkanes) is 9. The highest BCUT2D eigenvalue weighted by molar-refractivity contribution is 7.45. The Bertz CT molecular complexity index is 458. The largest absolute Gasteiger partial charge is 0.756 e. The summed E-state index contributed by atoms with van der Waals surface area (Å²) >= 11 is 0. The monoisotopic (exact) mass is 376 g/mol. The molecule has 0 aliphatic heterocycles. The first-order valence-corrected chi connectivity index (χ1v) is 10.8. The highest BCUT2D eigenvalue weighted by Crippen LogP contribution is 2.34. The van der Waals surface area contributed by atoms with Crippen LogP contribution >= 0.6 is 7.82 Å². The summed E-state index contributed by atoms with van der Waals surface area (Å²) in [6.45, 7) is 3.46. The zero-order valence-corrected chi connectivity index (χ0v) is 17.4. The number of aryl methyl sites for hydroxylation is 2. The molecule has 0 saturated heterocycles. The van der Waals surface area contributed by atoms with Gasteiger partial charge in [0.05, 0.1) is 13.6 Å². The van der Waals surface area contributed by atoms with Crippen molar-refractivity contribution in [2.75, 3.05) is 14.2 Å². The van der Waals surface area contributed by atoms with Gasteiger partial charge in [0.15, 0.2) is 0 Å². The van der Waals surface area contributed by atoms with Crippen LogP contribution in [0.2, 0.25) is 0 Å². The summed E-state index contributed by atoms with van der Waals surface area (Å²) in [6, 6.07) is 0. The van der Waals surface area contributed by atoms with E-state index in [-0.39, 0.29) is 0 Å². The van der Waals surface area contributed by atoms with Gasteiger partial charge < -0.3 is 13.9 Å². The highest BCUT2D eigenvalue weighted by Gasteiger charge is 1.99. The highest BCUT2D eigenvalue weighted by atomic mass is 31.2. The third-order valence-corrected chi connectivity index (χ3v) is 4.94. The minimum absolute atomic E-state index is 1.04. The summed E-state index contributed by atoms with van der Waals surface area (Å²) in [6.07, 6.45) is 20.6. The predicted molar refractivity (Wildman–Crippen MR) is 99.1 cm³/mol. The van der Waals surface area contributed by atoms with E-state index in [1.807, 2.05) is 0 Å². The van der Waals surface area contributed by atoms with Gasteiger partial charge in [-0.3, -0.25) is 4.57 Å².